The molecular formula is C24H17N3O6. The zero-order valence-electron chi connectivity index (χ0n) is 17.3. The van der Waals surface area contributed by atoms with E-state index in [1.54, 1.807) is 48.5 Å². The van der Waals surface area contributed by atoms with Gasteiger partial charge in [0.05, 0.1) is 16.2 Å². The maximum Gasteiger partial charge on any atom is 0.343 e. The maximum absolute atomic E-state index is 12.9. The van der Waals surface area contributed by atoms with Crippen molar-refractivity contribution < 1.29 is 24.0 Å². The van der Waals surface area contributed by atoms with Crippen molar-refractivity contribution in [3.8, 4) is 5.75 Å². The molecule has 33 heavy (non-hydrogen) atoms. The Kier molecular flexibility index (Phi) is 5.69. The predicted molar refractivity (Wildman–Crippen MR) is 119 cm³/mol. The van der Waals surface area contributed by atoms with Crippen molar-refractivity contribution >= 4 is 35.2 Å². The van der Waals surface area contributed by atoms with Crippen molar-refractivity contribution in [3.05, 3.63) is 105 Å². The first-order valence-electron chi connectivity index (χ1n) is 9.83. The highest BCUT2D eigenvalue weighted by Crippen LogP contribution is 2.29. The van der Waals surface area contributed by atoms with Gasteiger partial charge in [-0.3, -0.25) is 25.1 Å². The monoisotopic (exact) mass is 443 g/mol. The number of ether oxygens (including phenoxy) is 1. The topological polar surface area (TPSA) is 119 Å². The van der Waals surface area contributed by atoms with Gasteiger partial charge < -0.3 is 4.74 Å². The Bertz CT molecular complexity index is 1320. The van der Waals surface area contributed by atoms with E-state index in [0.717, 1.165) is 16.6 Å². The zero-order chi connectivity index (χ0) is 23.5. The van der Waals surface area contributed by atoms with Gasteiger partial charge in [0.1, 0.15) is 11.3 Å². The first kappa shape index (κ1) is 21.4. The summed E-state index contributed by atoms with van der Waals surface area (Å²) in [4.78, 5) is 48.6. The molecule has 0 aliphatic carbocycles. The molecule has 0 spiro atoms. The molecule has 3 aromatic carbocycles. The summed E-state index contributed by atoms with van der Waals surface area (Å²) in [5, 5.41) is 12.3. The van der Waals surface area contributed by atoms with Gasteiger partial charge in [0.2, 0.25) is 0 Å². The third-order valence-electron chi connectivity index (χ3n) is 4.87. The molecule has 0 bridgehead atoms. The van der Waals surface area contributed by atoms with E-state index < -0.39 is 22.7 Å². The highest BCUT2D eigenvalue weighted by molar-refractivity contribution is 6.31. The summed E-state index contributed by atoms with van der Waals surface area (Å²) in [5.74, 6) is -2.04. The minimum Gasteiger partial charge on any atom is -0.422 e. The molecule has 9 nitrogen and oxygen atoms in total. The molecule has 1 N–H and O–H groups in total. The van der Waals surface area contributed by atoms with E-state index in [9.17, 15) is 24.5 Å². The van der Waals surface area contributed by atoms with E-state index in [4.69, 9.17) is 4.74 Å². The molecule has 2 amide bonds. The molecular weight excluding hydrogens is 426 g/mol. The fourth-order valence-corrected chi connectivity index (χ4v) is 3.26. The van der Waals surface area contributed by atoms with Gasteiger partial charge in [-0.15, -0.1) is 0 Å². The van der Waals surface area contributed by atoms with Crippen molar-refractivity contribution in [3.63, 3.8) is 0 Å². The molecule has 0 radical (unpaired) electrons. The summed E-state index contributed by atoms with van der Waals surface area (Å²) >= 11 is 0. The van der Waals surface area contributed by atoms with Crippen LogP contribution in [0, 0.1) is 17.0 Å². The number of carbonyl (C=O) groups is 3. The lowest BCUT2D eigenvalue weighted by Crippen LogP contribution is -2.35. The van der Waals surface area contributed by atoms with Gasteiger partial charge in [-0.25, -0.2) is 9.80 Å². The smallest absolute Gasteiger partial charge is 0.343 e. The number of non-ortho nitro benzene ring substituents is 1. The SMILES string of the molecule is Cc1cccc(C(=O)Oc2ccc([N+](=O)[O-])cc2C=C2C(=O)NN(c3ccccc3)C2=O)c1. The van der Waals surface area contributed by atoms with Crippen molar-refractivity contribution in [1.29, 1.82) is 0 Å². The van der Waals surface area contributed by atoms with Gasteiger partial charge in [0, 0.05) is 17.7 Å². The molecule has 0 aromatic heterocycles. The van der Waals surface area contributed by atoms with E-state index in [0.29, 0.717) is 5.69 Å². The number of amides is 2. The number of esters is 1. The summed E-state index contributed by atoms with van der Waals surface area (Å²) in [6.07, 6.45) is 1.17. The molecule has 0 saturated carbocycles. The molecule has 4 rings (SSSR count). The average molecular weight is 443 g/mol. The second-order valence-electron chi connectivity index (χ2n) is 7.21. The Balaban J connectivity index is 1.71. The van der Waals surface area contributed by atoms with Crippen LogP contribution in [0.1, 0.15) is 21.5 Å². The predicted octanol–water partition coefficient (Wildman–Crippen LogP) is 3.58. The van der Waals surface area contributed by atoms with Crippen molar-refractivity contribution in [2.24, 2.45) is 0 Å². The standard InChI is InChI=1S/C24H17N3O6/c1-15-6-5-7-16(12-15)24(30)33-21-11-10-19(27(31)32)13-17(21)14-20-22(28)25-26(23(20)29)18-8-3-2-4-9-18/h2-14H,1H3,(H,25,28). The third kappa shape index (κ3) is 4.47. The Morgan fingerprint density at radius 1 is 1.03 bits per heavy atom. The molecule has 1 heterocycles. The molecule has 1 aliphatic rings. The van der Waals surface area contributed by atoms with E-state index >= 15 is 0 Å². The zero-order valence-corrected chi connectivity index (χ0v) is 17.3. The lowest BCUT2D eigenvalue weighted by Gasteiger charge is -2.14. The van der Waals surface area contributed by atoms with Crippen LogP contribution in [0.15, 0.2) is 78.4 Å². The fraction of sp³-hybridized carbons (Fsp3) is 0.0417. The van der Waals surface area contributed by atoms with Crippen LogP contribution in [0.25, 0.3) is 6.08 Å². The van der Waals surface area contributed by atoms with Crippen molar-refractivity contribution in [1.82, 2.24) is 5.43 Å². The van der Waals surface area contributed by atoms with Gasteiger partial charge in [-0.1, -0.05) is 35.9 Å². The Labute approximate surface area is 188 Å². The van der Waals surface area contributed by atoms with Crippen molar-refractivity contribution in [2.75, 3.05) is 5.01 Å². The minimum absolute atomic E-state index is 0.0293. The number of nitrogens with zero attached hydrogens (tertiary/aromatic N) is 2. The van der Waals surface area contributed by atoms with Gasteiger partial charge >= 0.3 is 5.97 Å². The van der Waals surface area contributed by atoms with E-state index in [1.807, 2.05) is 13.0 Å². The Morgan fingerprint density at radius 2 is 1.79 bits per heavy atom. The number of nitrogens with one attached hydrogen (secondary N) is 1. The number of nitro benzene ring substituents is 1. The summed E-state index contributed by atoms with van der Waals surface area (Å²) in [7, 11) is 0. The second-order valence-corrected chi connectivity index (χ2v) is 7.21. The summed E-state index contributed by atoms with van der Waals surface area (Å²) in [5.41, 5.74) is 3.54. The van der Waals surface area contributed by atoms with E-state index in [-0.39, 0.29) is 28.1 Å². The van der Waals surface area contributed by atoms with Crippen LogP contribution < -0.4 is 15.2 Å². The minimum atomic E-state index is -0.689. The number of nitro groups is 1. The number of aryl methyl sites for hydroxylation is 1. The number of carbonyl (C=O) groups excluding carboxylic acids is 3. The largest absolute Gasteiger partial charge is 0.422 e. The van der Waals surface area contributed by atoms with Gasteiger partial charge in [-0.05, 0) is 43.3 Å². The van der Waals surface area contributed by atoms with Crippen LogP contribution >= 0.6 is 0 Å². The molecule has 9 heteroatoms. The molecule has 3 aromatic rings. The normalized spacial score (nSPS) is 14.3. The number of para-hydroxylation sites is 1. The average Bonchev–Trinajstić information content (AvgIpc) is 3.09. The van der Waals surface area contributed by atoms with Crippen LogP contribution in [0.3, 0.4) is 0 Å². The quantitative estimate of drug-likeness (QED) is 0.161. The lowest BCUT2D eigenvalue weighted by atomic mass is 10.1. The highest BCUT2D eigenvalue weighted by Gasteiger charge is 2.34. The van der Waals surface area contributed by atoms with Crippen molar-refractivity contribution in [2.45, 2.75) is 6.92 Å². The van der Waals surface area contributed by atoms with Crippen LogP contribution in [-0.2, 0) is 9.59 Å². The number of benzene rings is 3. The third-order valence-corrected chi connectivity index (χ3v) is 4.87. The second kappa shape index (κ2) is 8.75. The van der Waals surface area contributed by atoms with E-state index in [2.05, 4.69) is 5.43 Å². The van der Waals surface area contributed by atoms with Gasteiger partial charge in [-0.2, -0.15) is 0 Å². The molecule has 1 aliphatic heterocycles. The highest BCUT2D eigenvalue weighted by atomic mass is 16.6. The van der Waals surface area contributed by atoms with E-state index in [1.165, 1.54) is 18.2 Å². The van der Waals surface area contributed by atoms with Crippen LogP contribution in [0.2, 0.25) is 0 Å². The Hall–Kier alpha value is -4.79. The molecule has 1 saturated heterocycles. The number of hydrogen-bond acceptors (Lipinski definition) is 6. The number of anilines is 1. The number of hydrazine groups is 1. The summed E-state index contributed by atoms with van der Waals surface area (Å²) < 4.78 is 5.45. The number of rotatable bonds is 5. The first-order valence-corrected chi connectivity index (χ1v) is 9.83. The molecule has 1 fully saturated rings. The van der Waals surface area contributed by atoms with Gasteiger partial charge in [0.15, 0.2) is 0 Å². The van der Waals surface area contributed by atoms with Crippen LogP contribution in [-0.4, -0.2) is 22.7 Å². The maximum atomic E-state index is 12.9. The molecule has 0 unspecified atom stereocenters. The Morgan fingerprint density at radius 3 is 2.48 bits per heavy atom. The lowest BCUT2D eigenvalue weighted by molar-refractivity contribution is -0.384. The molecule has 164 valence electrons. The first-order chi connectivity index (χ1) is 15.8. The van der Waals surface area contributed by atoms with Crippen LogP contribution in [0.4, 0.5) is 11.4 Å². The number of hydrogen-bond donors (Lipinski definition) is 1. The summed E-state index contributed by atoms with van der Waals surface area (Å²) in [6, 6.07) is 18.8. The van der Waals surface area contributed by atoms with Gasteiger partial charge in [0.25, 0.3) is 17.5 Å². The molecule has 0 atom stereocenters. The van der Waals surface area contributed by atoms with Crippen LogP contribution in [0.5, 0.6) is 5.75 Å². The fourth-order valence-electron chi connectivity index (χ4n) is 3.26. The summed E-state index contributed by atoms with van der Waals surface area (Å²) in [6.45, 7) is 1.82.